The predicted octanol–water partition coefficient (Wildman–Crippen LogP) is 4.22. The molecule has 2 fully saturated rings. The maximum atomic E-state index is 4.27. The molecule has 0 spiro atoms. The lowest BCUT2D eigenvalue weighted by molar-refractivity contribution is 0.303. The fraction of sp³-hybridized carbons (Fsp3) is 0.643. The molecule has 0 amide bonds. The first kappa shape index (κ1) is 11.5. The summed E-state index contributed by atoms with van der Waals surface area (Å²) in [5.41, 5.74) is 1.16. The fourth-order valence-corrected chi connectivity index (χ4v) is 3.29. The minimum atomic E-state index is 0.664. The average Bonchev–Trinajstić information content (AvgIpc) is 3.17. The van der Waals surface area contributed by atoms with E-state index in [1.807, 2.05) is 12.3 Å². The second kappa shape index (κ2) is 4.97. The first-order valence-corrected chi connectivity index (χ1v) is 7.48. The van der Waals surface area contributed by atoms with Gasteiger partial charge >= 0.3 is 0 Å². The molecule has 1 heterocycles. The van der Waals surface area contributed by atoms with Gasteiger partial charge < -0.3 is 5.32 Å². The molecule has 1 N–H and O–H groups in total. The van der Waals surface area contributed by atoms with Crippen LogP contribution in [0.1, 0.15) is 38.5 Å². The molecule has 1 aromatic rings. The van der Waals surface area contributed by atoms with Gasteiger partial charge in [0.1, 0.15) is 4.60 Å². The number of halogens is 1. The van der Waals surface area contributed by atoms with Crippen molar-refractivity contribution in [1.29, 1.82) is 0 Å². The smallest absolute Gasteiger partial charge is 0.106 e. The quantitative estimate of drug-likeness (QED) is 0.844. The summed E-state index contributed by atoms with van der Waals surface area (Å²) in [5, 5.41) is 3.64. The van der Waals surface area contributed by atoms with Gasteiger partial charge in [0.05, 0.1) is 11.9 Å². The van der Waals surface area contributed by atoms with Crippen LogP contribution in [0, 0.1) is 11.8 Å². The minimum absolute atomic E-state index is 0.664. The molecule has 2 atom stereocenters. The van der Waals surface area contributed by atoms with E-state index in [1.54, 1.807) is 0 Å². The van der Waals surface area contributed by atoms with Gasteiger partial charge in [0.25, 0.3) is 0 Å². The Hall–Kier alpha value is -0.570. The molecule has 0 saturated heterocycles. The van der Waals surface area contributed by atoms with E-state index in [1.165, 1.54) is 38.5 Å². The molecule has 0 bridgehead atoms. The molecule has 3 rings (SSSR count). The molecule has 92 valence electrons. The number of anilines is 1. The monoisotopic (exact) mass is 294 g/mol. The number of nitrogens with one attached hydrogen (secondary N) is 1. The lowest BCUT2D eigenvalue weighted by Gasteiger charge is -2.30. The third-order valence-corrected chi connectivity index (χ3v) is 4.57. The van der Waals surface area contributed by atoms with Crippen molar-refractivity contribution in [2.45, 2.75) is 44.6 Å². The normalized spacial score (nSPS) is 29.0. The highest BCUT2D eigenvalue weighted by molar-refractivity contribution is 9.10. The van der Waals surface area contributed by atoms with Crippen LogP contribution in [0.5, 0.6) is 0 Å². The Kier molecular flexibility index (Phi) is 3.37. The predicted molar refractivity (Wildman–Crippen MR) is 74.0 cm³/mol. The molecular formula is C14H19BrN2. The fourth-order valence-electron chi connectivity index (χ4n) is 3.05. The highest BCUT2D eigenvalue weighted by Crippen LogP contribution is 2.44. The largest absolute Gasteiger partial charge is 0.381 e. The van der Waals surface area contributed by atoms with E-state index < -0.39 is 0 Å². The molecule has 0 radical (unpaired) electrons. The third kappa shape index (κ3) is 3.01. The van der Waals surface area contributed by atoms with Gasteiger partial charge in [0.15, 0.2) is 0 Å². The SMILES string of the molecule is Brc1ccc(NC2CCCC(C3CC3)C2)cn1. The molecule has 1 aromatic heterocycles. The zero-order valence-corrected chi connectivity index (χ0v) is 11.6. The Labute approximate surface area is 111 Å². The molecule has 2 aliphatic rings. The van der Waals surface area contributed by atoms with Gasteiger partial charge in [-0.15, -0.1) is 0 Å². The van der Waals surface area contributed by atoms with Gasteiger partial charge in [0.2, 0.25) is 0 Å². The summed E-state index contributed by atoms with van der Waals surface area (Å²) >= 11 is 3.37. The molecule has 2 unspecified atom stereocenters. The maximum Gasteiger partial charge on any atom is 0.106 e. The summed E-state index contributed by atoms with van der Waals surface area (Å²) in [6.45, 7) is 0. The summed E-state index contributed by atoms with van der Waals surface area (Å²) < 4.78 is 0.905. The van der Waals surface area contributed by atoms with Crippen molar-refractivity contribution in [2.24, 2.45) is 11.8 Å². The van der Waals surface area contributed by atoms with E-state index in [-0.39, 0.29) is 0 Å². The topological polar surface area (TPSA) is 24.9 Å². The average molecular weight is 295 g/mol. The highest BCUT2D eigenvalue weighted by atomic mass is 79.9. The van der Waals surface area contributed by atoms with Crippen LogP contribution in [0.3, 0.4) is 0 Å². The van der Waals surface area contributed by atoms with Crippen LogP contribution in [0.4, 0.5) is 5.69 Å². The molecular weight excluding hydrogens is 276 g/mol. The van der Waals surface area contributed by atoms with Gasteiger partial charge in [-0.1, -0.05) is 12.8 Å². The summed E-state index contributed by atoms with van der Waals surface area (Å²) in [6, 6.07) is 4.78. The van der Waals surface area contributed by atoms with E-state index in [4.69, 9.17) is 0 Å². The number of nitrogens with zero attached hydrogens (tertiary/aromatic N) is 1. The second-order valence-electron chi connectivity index (χ2n) is 5.47. The van der Waals surface area contributed by atoms with Crippen LogP contribution in [0.2, 0.25) is 0 Å². The lowest BCUT2D eigenvalue weighted by Crippen LogP contribution is -2.28. The van der Waals surface area contributed by atoms with Crippen LogP contribution in [-0.4, -0.2) is 11.0 Å². The van der Waals surface area contributed by atoms with Crippen LogP contribution < -0.4 is 5.32 Å². The molecule has 2 saturated carbocycles. The van der Waals surface area contributed by atoms with E-state index in [0.717, 1.165) is 22.1 Å². The third-order valence-electron chi connectivity index (χ3n) is 4.10. The Balaban J connectivity index is 1.58. The molecule has 3 heteroatoms. The Morgan fingerprint density at radius 1 is 1.12 bits per heavy atom. The van der Waals surface area contributed by atoms with Gasteiger partial charge in [-0.2, -0.15) is 0 Å². The van der Waals surface area contributed by atoms with E-state index in [2.05, 4.69) is 32.3 Å². The van der Waals surface area contributed by atoms with Gasteiger partial charge in [-0.3, -0.25) is 0 Å². The van der Waals surface area contributed by atoms with Gasteiger partial charge in [0, 0.05) is 6.04 Å². The standard InChI is InChI=1S/C14H19BrN2/c15-14-7-6-13(9-16-14)17-12-3-1-2-11(8-12)10-4-5-10/h6-7,9-12,17H,1-5,8H2. The molecule has 0 aromatic carbocycles. The number of hydrogen-bond donors (Lipinski definition) is 1. The van der Waals surface area contributed by atoms with Crippen molar-refractivity contribution in [3.05, 3.63) is 22.9 Å². The van der Waals surface area contributed by atoms with Crippen molar-refractivity contribution >= 4 is 21.6 Å². The van der Waals surface area contributed by atoms with Crippen LogP contribution >= 0.6 is 15.9 Å². The van der Waals surface area contributed by atoms with Crippen LogP contribution in [0.15, 0.2) is 22.9 Å². The lowest BCUT2D eigenvalue weighted by atomic mass is 9.82. The van der Waals surface area contributed by atoms with E-state index >= 15 is 0 Å². The van der Waals surface area contributed by atoms with Crippen LogP contribution in [0.25, 0.3) is 0 Å². The Morgan fingerprint density at radius 3 is 2.71 bits per heavy atom. The zero-order chi connectivity index (χ0) is 11.7. The van der Waals surface area contributed by atoms with Crippen LogP contribution in [-0.2, 0) is 0 Å². The maximum absolute atomic E-state index is 4.27. The first-order valence-electron chi connectivity index (χ1n) is 6.69. The number of rotatable bonds is 3. The van der Waals surface area contributed by atoms with Crippen molar-refractivity contribution in [3.8, 4) is 0 Å². The Bertz CT molecular complexity index is 372. The van der Waals surface area contributed by atoms with Crippen molar-refractivity contribution in [3.63, 3.8) is 0 Å². The first-order chi connectivity index (χ1) is 8.31. The summed E-state index contributed by atoms with van der Waals surface area (Å²) in [5.74, 6) is 2.05. The number of hydrogen-bond acceptors (Lipinski definition) is 2. The Morgan fingerprint density at radius 2 is 2.00 bits per heavy atom. The highest BCUT2D eigenvalue weighted by Gasteiger charge is 2.34. The van der Waals surface area contributed by atoms with E-state index in [9.17, 15) is 0 Å². The van der Waals surface area contributed by atoms with Crippen molar-refractivity contribution < 1.29 is 0 Å². The molecule has 17 heavy (non-hydrogen) atoms. The molecule has 2 aliphatic carbocycles. The second-order valence-corrected chi connectivity index (χ2v) is 6.29. The zero-order valence-electron chi connectivity index (χ0n) is 10.0. The summed E-state index contributed by atoms with van der Waals surface area (Å²) in [4.78, 5) is 4.27. The summed E-state index contributed by atoms with van der Waals surface area (Å²) in [6.07, 6.45) is 10.4. The number of pyridine rings is 1. The van der Waals surface area contributed by atoms with E-state index in [0.29, 0.717) is 6.04 Å². The van der Waals surface area contributed by atoms with Gasteiger partial charge in [-0.25, -0.2) is 4.98 Å². The molecule has 0 aliphatic heterocycles. The van der Waals surface area contributed by atoms with Crippen molar-refractivity contribution in [2.75, 3.05) is 5.32 Å². The summed E-state index contributed by atoms with van der Waals surface area (Å²) in [7, 11) is 0. The molecule has 2 nitrogen and oxygen atoms in total. The number of aromatic nitrogens is 1. The van der Waals surface area contributed by atoms with Gasteiger partial charge in [-0.05, 0) is 65.6 Å². The minimum Gasteiger partial charge on any atom is -0.381 e. The van der Waals surface area contributed by atoms with Crippen molar-refractivity contribution in [1.82, 2.24) is 4.98 Å².